The van der Waals surface area contributed by atoms with Crippen molar-refractivity contribution < 1.29 is 4.79 Å². The second-order valence-electron chi connectivity index (χ2n) is 4.32. The molecule has 17 heavy (non-hydrogen) atoms. The van der Waals surface area contributed by atoms with Gasteiger partial charge in [-0.15, -0.1) is 0 Å². The van der Waals surface area contributed by atoms with Crippen LogP contribution in [0.5, 0.6) is 0 Å². The lowest BCUT2D eigenvalue weighted by molar-refractivity contribution is -0.119. The summed E-state index contributed by atoms with van der Waals surface area (Å²) < 4.78 is 0. The van der Waals surface area contributed by atoms with Crippen molar-refractivity contribution in [2.24, 2.45) is 0 Å². The number of piperidine rings is 1. The van der Waals surface area contributed by atoms with Gasteiger partial charge in [-0.3, -0.25) is 4.79 Å². The van der Waals surface area contributed by atoms with Crippen LogP contribution in [0.3, 0.4) is 0 Å². The van der Waals surface area contributed by atoms with E-state index in [-0.39, 0.29) is 11.9 Å². The lowest BCUT2D eigenvalue weighted by Crippen LogP contribution is -2.50. The molecule has 0 saturated carbocycles. The molecule has 2 atom stereocenters. The number of carbonyl (C=O) groups is 1. The summed E-state index contributed by atoms with van der Waals surface area (Å²) in [4.78, 5) is 11.5. The Labute approximate surface area is 110 Å². The maximum Gasteiger partial charge on any atom is 0.230 e. The number of carbonyl (C=O) groups excluding carboxylic acids is 1. The average Bonchev–Trinajstić information content (AvgIpc) is 2.40. The van der Waals surface area contributed by atoms with Crippen molar-refractivity contribution in [2.75, 3.05) is 18.4 Å². The summed E-state index contributed by atoms with van der Waals surface area (Å²) in [5.41, 5.74) is 1.31. The van der Waals surface area contributed by atoms with Gasteiger partial charge >= 0.3 is 0 Å². The first-order valence-corrected chi connectivity index (χ1v) is 7.04. The van der Waals surface area contributed by atoms with E-state index in [0.717, 1.165) is 19.5 Å². The largest absolute Gasteiger partial charge is 0.351 e. The van der Waals surface area contributed by atoms with Crippen LogP contribution in [0.25, 0.3) is 0 Å². The molecule has 4 heteroatoms. The average molecular weight is 297 g/mol. The molecule has 1 aliphatic heterocycles. The number of rotatable bonds is 3. The SMILES string of the molecule is O=C(CBr)NC1CNCCC1c1ccccc1. The molecule has 2 unspecified atom stereocenters. The van der Waals surface area contributed by atoms with E-state index in [4.69, 9.17) is 0 Å². The van der Waals surface area contributed by atoms with E-state index < -0.39 is 0 Å². The fourth-order valence-corrected chi connectivity index (χ4v) is 2.52. The highest BCUT2D eigenvalue weighted by atomic mass is 79.9. The van der Waals surface area contributed by atoms with Crippen LogP contribution in [0, 0.1) is 0 Å². The number of benzene rings is 1. The number of halogens is 1. The molecule has 1 aromatic rings. The van der Waals surface area contributed by atoms with Crippen molar-refractivity contribution in [1.29, 1.82) is 0 Å². The molecule has 2 rings (SSSR count). The van der Waals surface area contributed by atoms with Gasteiger partial charge in [0, 0.05) is 18.5 Å². The minimum absolute atomic E-state index is 0.0552. The zero-order valence-electron chi connectivity index (χ0n) is 9.66. The molecule has 1 heterocycles. The predicted octanol–water partition coefficient (Wildman–Crippen LogP) is 1.64. The molecular weight excluding hydrogens is 280 g/mol. The van der Waals surface area contributed by atoms with E-state index in [1.54, 1.807) is 0 Å². The Morgan fingerprint density at radius 2 is 2.18 bits per heavy atom. The molecule has 0 bridgehead atoms. The van der Waals surface area contributed by atoms with Crippen LogP contribution in [0.15, 0.2) is 30.3 Å². The molecule has 1 saturated heterocycles. The van der Waals surface area contributed by atoms with Crippen molar-refractivity contribution in [3.8, 4) is 0 Å². The lowest BCUT2D eigenvalue weighted by atomic mass is 9.86. The minimum atomic E-state index is 0.0552. The molecule has 1 aromatic carbocycles. The van der Waals surface area contributed by atoms with Gasteiger partial charge in [-0.2, -0.15) is 0 Å². The molecule has 0 spiro atoms. The van der Waals surface area contributed by atoms with Gasteiger partial charge in [-0.25, -0.2) is 0 Å². The van der Waals surface area contributed by atoms with Crippen LogP contribution < -0.4 is 10.6 Å². The van der Waals surface area contributed by atoms with Crippen LogP contribution in [-0.4, -0.2) is 30.4 Å². The summed E-state index contributed by atoms with van der Waals surface area (Å²) >= 11 is 3.19. The molecular formula is C13H17BrN2O. The maximum absolute atomic E-state index is 11.5. The highest BCUT2D eigenvalue weighted by Gasteiger charge is 2.27. The fourth-order valence-electron chi connectivity index (χ4n) is 2.35. The van der Waals surface area contributed by atoms with E-state index in [2.05, 4.69) is 50.8 Å². The van der Waals surface area contributed by atoms with E-state index in [0.29, 0.717) is 11.2 Å². The Hall–Kier alpha value is -0.870. The first-order valence-electron chi connectivity index (χ1n) is 5.92. The second kappa shape index (κ2) is 6.17. The van der Waals surface area contributed by atoms with Crippen molar-refractivity contribution >= 4 is 21.8 Å². The number of amides is 1. The number of alkyl halides is 1. The van der Waals surface area contributed by atoms with Crippen LogP contribution in [0.4, 0.5) is 0 Å². The summed E-state index contributed by atoms with van der Waals surface area (Å²) in [7, 11) is 0. The Morgan fingerprint density at radius 3 is 2.88 bits per heavy atom. The Morgan fingerprint density at radius 1 is 1.41 bits per heavy atom. The third-order valence-electron chi connectivity index (χ3n) is 3.18. The van der Waals surface area contributed by atoms with Crippen molar-refractivity contribution in [3.63, 3.8) is 0 Å². The quantitative estimate of drug-likeness (QED) is 0.833. The molecule has 92 valence electrons. The third kappa shape index (κ3) is 3.30. The molecule has 1 aliphatic rings. The van der Waals surface area contributed by atoms with E-state index in [1.807, 2.05) is 6.07 Å². The number of hydrogen-bond donors (Lipinski definition) is 2. The highest BCUT2D eigenvalue weighted by Crippen LogP contribution is 2.25. The van der Waals surface area contributed by atoms with Gasteiger partial charge in [0.05, 0.1) is 5.33 Å². The van der Waals surface area contributed by atoms with Crippen LogP contribution in [0.1, 0.15) is 17.9 Å². The minimum Gasteiger partial charge on any atom is -0.351 e. The third-order valence-corrected chi connectivity index (χ3v) is 3.69. The first-order chi connectivity index (χ1) is 8.31. The molecule has 0 aromatic heterocycles. The lowest BCUT2D eigenvalue weighted by Gasteiger charge is -2.33. The van der Waals surface area contributed by atoms with Gasteiger partial charge in [-0.1, -0.05) is 46.3 Å². The molecule has 3 nitrogen and oxygen atoms in total. The summed E-state index contributed by atoms with van der Waals surface area (Å²) in [6.45, 7) is 1.86. The van der Waals surface area contributed by atoms with E-state index >= 15 is 0 Å². The standard InChI is InChI=1S/C13H17BrN2O/c14-8-13(17)16-12-9-15-7-6-11(12)10-4-2-1-3-5-10/h1-5,11-12,15H,6-9H2,(H,16,17). The van der Waals surface area contributed by atoms with Crippen LogP contribution in [-0.2, 0) is 4.79 Å². The van der Waals surface area contributed by atoms with Crippen molar-refractivity contribution in [3.05, 3.63) is 35.9 Å². The zero-order valence-corrected chi connectivity index (χ0v) is 11.2. The monoisotopic (exact) mass is 296 g/mol. The second-order valence-corrected chi connectivity index (χ2v) is 4.88. The molecule has 2 N–H and O–H groups in total. The molecule has 1 fully saturated rings. The number of nitrogens with one attached hydrogen (secondary N) is 2. The Bertz CT molecular complexity index is 369. The summed E-state index contributed by atoms with van der Waals surface area (Å²) in [5, 5.41) is 6.77. The normalized spacial score (nSPS) is 24.3. The van der Waals surface area contributed by atoms with E-state index in [1.165, 1.54) is 5.56 Å². The topological polar surface area (TPSA) is 41.1 Å². The van der Waals surface area contributed by atoms with Crippen molar-refractivity contribution in [2.45, 2.75) is 18.4 Å². The van der Waals surface area contributed by atoms with Gasteiger partial charge in [-0.05, 0) is 18.5 Å². The molecule has 0 radical (unpaired) electrons. The van der Waals surface area contributed by atoms with Gasteiger partial charge in [0.25, 0.3) is 0 Å². The maximum atomic E-state index is 11.5. The van der Waals surface area contributed by atoms with Crippen LogP contribution in [0.2, 0.25) is 0 Å². The summed E-state index contributed by atoms with van der Waals surface area (Å²) in [6, 6.07) is 10.6. The molecule has 0 aliphatic carbocycles. The van der Waals surface area contributed by atoms with Gasteiger partial charge in [0.15, 0.2) is 0 Å². The van der Waals surface area contributed by atoms with Gasteiger partial charge in [0.2, 0.25) is 5.91 Å². The first kappa shape index (κ1) is 12.6. The summed E-state index contributed by atoms with van der Waals surface area (Å²) in [6.07, 6.45) is 1.07. The van der Waals surface area contributed by atoms with E-state index in [9.17, 15) is 4.79 Å². The number of hydrogen-bond acceptors (Lipinski definition) is 2. The summed E-state index contributed by atoms with van der Waals surface area (Å²) in [5.74, 6) is 0.472. The van der Waals surface area contributed by atoms with Gasteiger partial charge in [0.1, 0.15) is 0 Å². The zero-order chi connectivity index (χ0) is 12.1. The Balaban J connectivity index is 2.09. The van der Waals surface area contributed by atoms with Crippen molar-refractivity contribution in [1.82, 2.24) is 10.6 Å². The highest BCUT2D eigenvalue weighted by molar-refractivity contribution is 9.09. The predicted molar refractivity (Wildman–Crippen MR) is 72.4 cm³/mol. The Kier molecular flexibility index (Phi) is 4.57. The van der Waals surface area contributed by atoms with Crippen LogP contribution >= 0.6 is 15.9 Å². The van der Waals surface area contributed by atoms with Gasteiger partial charge < -0.3 is 10.6 Å². The fraction of sp³-hybridized carbons (Fsp3) is 0.462. The molecule has 1 amide bonds. The smallest absolute Gasteiger partial charge is 0.230 e.